The molecular formula is C13H16N2O2. The van der Waals surface area contributed by atoms with Crippen LogP contribution in [-0.2, 0) is 0 Å². The summed E-state index contributed by atoms with van der Waals surface area (Å²) in [5.74, 6) is -0.566. The fourth-order valence-corrected chi connectivity index (χ4v) is 1.99. The average molecular weight is 232 g/mol. The molecule has 0 aromatic heterocycles. The molecule has 17 heavy (non-hydrogen) atoms. The zero-order valence-corrected chi connectivity index (χ0v) is 10.0. The van der Waals surface area contributed by atoms with E-state index in [9.17, 15) is 10.1 Å². The molecule has 4 nitrogen and oxygen atoms in total. The predicted molar refractivity (Wildman–Crippen MR) is 65.0 cm³/mol. The molecule has 0 radical (unpaired) electrons. The van der Waals surface area contributed by atoms with Gasteiger partial charge >= 0.3 is 0 Å². The summed E-state index contributed by atoms with van der Waals surface area (Å²) in [6.07, 6.45) is 0. The van der Waals surface area contributed by atoms with Gasteiger partial charge in [-0.15, -0.1) is 0 Å². The average Bonchev–Trinajstić information content (AvgIpc) is 2.29. The fourth-order valence-electron chi connectivity index (χ4n) is 1.99. The molecule has 1 aromatic carbocycles. The number of rotatable bonds is 5. The minimum Gasteiger partial charge on any atom is -0.265 e. The smallest absolute Gasteiger partial charge is 0.211 e. The maximum atomic E-state index is 10.7. The van der Waals surface area contributed by atoms with Crippen molar-refractivity contribution in [2.75, 3.05) is 6.54 Å². The molecule has 0 spiro atoms. The Labute approximate surface area is 101 Å². The highest BCUT2D eigenvalue weighted by atomic mass is 16.6. The first-order chi connectivity index (χ1) is 8.06. The molecule has 2 atom stereocenters. The molecule has 1 rings (SSSR count). The number of nitrogens with zero attached hydrogens (tertiary/aromatic N) is 2. The van der Waals surface area contributed by atoms with Gasteiger partial charge in [0.1, 0.15) is 0 Å². The van der Waals surface area contributed by atoms with E-state index in [4.69, 9.17) is 5.26 Å². The summed E-state index contributed by atoms with van der Waals surface area (Å²) in [6, 6.07) is 11.5. The molecule has 0 saturated carbocycles. The maximum Gasteiger partial charge on any atom is 0.211 e. The second-order valence-corrected chi connectivity index (χ2v) is 4.43. The van der Waals surface area contributed by atoms with E-state index in [2.05, 4.69) is 6.07 Å². The van der Waals surface area contributed by atoms with Crippen LogP contribution in [-0.4, -0.2) is 11.5 Å². The van der Waals surface area contributed by atoms with Crippen molar-refractivity contribution in [1.82, 2.24) is 0 Å². The van der Waals surface area contributed by atoms with Crippen molar-refractivity contribution in [3.8, 4) is 6.07 Å². The fraction of sp³-hybridized carbons (Fsp3) is 0.462. The van der Waals surface area contributed by atoms with Crippen LogP contribution in [0.25, 0.3) is 0 Å². The molecule has 0 aliphatic rings. The van der Waals surface area contributed by atoms with E-state index in [1.165, 1.54) is 0 Å². The topological polar surface area (TPSA) is 66.9 Å². The predicted octanol–water partition coefficient (Wildman–Crippen LogP) is 2.84. The molecule has 0 heterocycles. The van der Waals surface area contributed by atoms with Crippen LogP contribution in [0, 0.1) is 33.3 Å². The number of hydrogen-bond donors (Lipinski definition) is 0. The van der Waals surface area contributed by atoms with E-state index in [0.29, 0.717) is 0 Å². The van der Waals surface area contributed by atoms with Gasteiger partial charge in [0.15, 0.2) is 0 Å². The minimum atomic E-state index is -0.343. The van der Waals surface area contributed by atoms with Gasteiger partial charge in [0.25, 0.3) is 0 Å². The molecule has 2 unspecified atom stereocenters. The first-order valence-corrected chi connectivity index (χ1v) is 5.62. The van der Waals surface area contributed by atoms with Crippen LogP contribution in [0.3, 0.4) is 0 Å². The Morgan fingerprint density at radius 1 is 1.35 bits per heavy atom. The van der Waals surface area contributed by atoms with Crippen molar-refractivity contribution >= 4 is 0 Å². The van der Waals surface area contributed by atoms with Gasteiger partial charge in [-0.05, 0) is 11.5 Å². The van der Waals surface area contributed by atoms with Gasteiger partial charge in [-0.25, -0.2) is 0 Å². The highest BCUT2D eigenvalue weighted by molar-refractivity contribution is 5.22. The van der Waals surface area contributed by atoms with Crippen LogP contribution >= 0.6 is 0 Å². The minimum absolute atomic E-state index is 0.102. The van der Waals surface area contributed by atoms with E-state index in [1.54, 1.807) is 0 Å². The third-order valence-corrected chi connectivity index (χ3v) is 2.87. The van der Waals surface area contributed by atoms with Crippen molar-refractivity contribution in [3.63, 3.8) is 0 Å². The first-order valence-electron chi connectivity index (χ1n) is 5.62. The third-order valence-electron chi connectivity index (χ3n) is 2.87. The van der Waals surface area contributed by atoms with Crippen molar-refractivity contribution in [3.05, 3.63) is 46.0 Å². The Morgan fingerprint density at radius 3 is 2.35 bits per heavy atom. The summed E-state index contributed by atoms with van der Waals surface area (Å²) < 4.78 is 0. The molecule has 90 valence electrons. The van der Waals surface area contributed by atoms with Crippen LogP contribution in [0.5, 0.6) is 0 Å². The molecule has 1 aromatic rings. The number of hydrogen-bond acceptors (Lipinski definition) is 3. The highest BCUT2D eigenvalue weighted by Gasteiger charge is 2.29. The summed E-state index contributed by atoms with van der Waals surface area (Å²) >= 11 is 0. The van der Waals surface area contributed by atoms with E-state index < -0.39 is 0 Å². The van der Waals surface area contributed by atoms with E-state index in [-0.39, 0.29) is 29.2 Å². The van der Waals surface area contributed by atoms with Gasteiger partial charge in [-0.2, -0.15) is 5.26 Å². The van der Waals surface area contributed by atoms with Crippen molar-refractivity contribution < 1.29 is 4.92 Å². The van der Waals surface area contributed by atoms with Crippen molar-refractivity contribution in [2.45, 2.75) is 19.8 Å². The molecule has 0 aliphatic heterocycles. The summed E-state index contributed by atoms with van der Waals surface area (Å²) in [5.41, 5.74) is 0.865. The maximum absolute atomic E-state index is 10.7. The van der Waals surface area contributed by atoms with Gasteiger partial charge < -0.3 is 0 Å². The molecule has 0 N–H and O–H groups in total. The second-order valence-electron chi connectivity index (χ2n) is 4.43. The third kappa shape index (κ3) is 3.56. The standard InChI is InChI=1S/C13H16N2O2/c1-10(2)12(8-14)13(9-15(16)17)11-6-4-3-5-7-11/h3-7,10,12-13H,9H2,1-2H3. The number of nitro groups is 1. The Balaban J connectivity index is 3.04. The highest BCUT2D eigenvalue weighted by Crippen LogP contribution is 2.29. The summed E-state index contributed by atoms with van der Waals surface area (Å²) in [7, 11) is 0. The molecule has 0 saturated heterocycles. The van der Waals surface area contributed by atoms with Crippen LogP contribution < -0.4 is 0 Å². The van der Waals surface area contributed by atoms with Gasteiger partial charge in [-0.1, -0.05) is 44.2 Å². The Hall–Kier alpha value is -1.89. The summed E-state index contributed by atoms with van der Waals surface area (Å²) in [6.45, 7) is 3.65. The summed E-state index contributed by atoms with van der Waals surface area (Å²) in [5, 5.41) is 19.9. The largest absolute Gasteiger partial charge is 0.265 e. The van der Waals surface area contributed by atoms with Gasteiger partial charge in [0.2, 0.25) is 6.54 Å². The van der Waals surface area contributed by atoms with Crippen molar-refractivity contribution in [2.24, 2.45) is 11.8 Å². The van der Waals surface area contributed by atoms with Gasteiger partial charge in [0, 0.05) is 4.92 Å². The van der Waals surface area contributed by atoms with Crippen LogP contribution in [0.4, 0.5) is 0 Å². The first kappa shape index (κ1) is 13.2. The number of benzene rings is 1. The molecule has 0 bridgehead atoms. The second kappa shape index (κ2) is 6.00. The number of nitriles is 1. The Morgan fingerprint density at radius 2 is 1.94 bits per heavy atom. The zero-order chi connectivity index (χ0) is 12.8. The monoisotopic (exact) mass is 232 g/mol. The lowest BCUT2D eigenvalue weighted by Crippen LogP contribution is -2.24. The van der Waals surface area contributed by atoms with Gasteiger partial charge in [0.05, 0.1) is 17.9 Å². The zero-order valence-electron chi connectivity index (χ0n) is 10.0. The van der Waals surface area contributed by atoms with Gasteiger partial charge in [-0.3, -0.25) is 10.1 Å². The molecule has 4 heteroatoms. The van der Waals surface area contributed by atoms with Crippen LogP contribution in [0.15, 0.2) is 30.3 Å². The van der Waals surface area contributed by atoms with E-state index in [0.717, 1.165) is 5.56 Å². The lowest BCUT2D eigenvalue weighted by atomic mass is 9.80. The van der Waals surface area contributed by atoms with E-state index in [1.807, 2.05) is 44.2 Å². The Bertz CT molecular complexity index is 409. The van der Waals surface area contributed by atoms with Crippen LogP contribution in [0.2, 0.25) is 0 Å². The van der Waals surface area contributed by atoms with Crippen molar-refractivity contribution in [1.29, 1.82) is 5.26 Å². The lowest BCUT2D eigenvalue weighted by molar-refractivity contribution is -0.484. The lowest BCUT2D eigenvalue weighted by Gasteiger charge is -2.21. The molecule has 0 amide bonds. The Kier molecular flexibility index (Phi) is 4.65. The summed E-state index contributed by atoms with van der Waals surface area (Å²) in [4.78, 5) is 10.4. The van der Waals surface area contributed by atoms with Crippen LogP contribution in [0.1, 0.15) is 25.3 Å². The normalized spacial score (nSPS) is 14.0. The molecule has 0 fully saturated rings. The SMILES string of the molecule is CC(C)C(C#N)C(C[N+](=O)[O-])c1ccccc1. The quantitative estimate of drug-likeness (QED) is 0.579. The molecular weight excluding hydrogens is 216 g/mol. The van der Waals surface area contributed by atoms with E-state index >= 15 is 0 Å². The molecule has 0 aliphatic carbocycles.